The fourth-order valence-corrected chi connectivity index (χ4v) is 4.36. The highest BCUT2D eigenvalue weighted by Crippen LogP contribution is 2.60. The molecule has 2 aliphatic carbocycles. The minimum atomic E-state index is -0.901. The third-order valence-corrected chi connectivity index (χ3v) is 5.39. The lowest BCUT2D eigenvalue weighted by molar-refractivity contribution is -0.506. The summed E-state index contributed by atoms with van der Waals surface area (Å²) in [6.07, 6.45) is 3.92. The van der Waals surface area contributed by atoms with E-state index in [0.717, 1.165) is 25.7 Å². The predicted molar refractivity (Wildman–Crippen MR) is 91.0 cm³/mol. The second kappa shape index (κ2) is 7.75. The Morgan fingerprint density at radius 1 is 1.42 bits per heavy atom. The van der Waals surface area contributed by atoms with Crippen molar-refractivity contribution >= 4 is 5.97 Å². The van der Waals surface area contributed by atoms with E-state index in [1.54, 1.807) is 0 Å². The molecule has 0 spiro atoms. The Morgan fingerprint density at radius 3 is 2.54 bits per heavy atom. The van der Waals surface area contributed by atoms with Gasteiger partial charge in [0.2, 0.25) is 6.54 Å². The fraction of sp³-hybridized carbons (Fsp3) is 0.611. The van der Waals surface area contributed by atoms with E-state index in [9.17, 15) is 14.9 Å². The molecule has 24 heavy (non-hydrogen) atoms. The van der Waals surface area contributed by atoms with Gasteiger partial charge < -0.3 is 10.8 Å². The van der Waals surface area contributed by atoms with E-state index < -0.39 is 11.4 Å². The van der Waals surface area contributed by atoms with Crippen molar-refractivity contribution in [1.82, 2.24) is 0 Å². The minimum Gasteiger partial charge on any atom is -0.481 e. The van der Waals surface area contributed by atoms with Gasteiger partial charge in [0.1, 0.15) is 0 Å². The van der Waals surface area contributed by atoms with Crippen LogP contribution in [0.2, 0.25) is 0 Å². The quantitative estimate of drug-likeness (QED) is 0.635. The van der Waals surface area contributed by atoms with Gasteiger partial charge in [0.25, 0.3) is 0 Å². The number of nitro groups is 1. The molecule has 0 radical (unpaired) electrons. The first-order valence-electron chi connectivity index (χ1n) is 8.48. The Balaban J connectivity index is 0.000000198. The topological polar surface area (TPSA) is 106 Å². The minimum absolute atomic E-state index is 0.0326. The largest absolute Gasteiger partial charge is 0.481 e. The van der Waals surface area contributed by atoms with Crippen LogP contribution in [0.3, 0.4) is 0 Å². The molecule has 0 aromatic heterocycles. The van der Waals surface area contributed by atoms with Gasteiger partial charge in [-0.05, 0) is 37.2 Å². The van der Waals surface area contributed by atoms with Gasteiger partial charge in [0.05, 0.1) is 6.42 Å². The van der Waals surface area contributed by atoms with Crippen molar-refractivity contribution in [2.24, 2.45) is 23.0 Å². The SMILES string of the molecule is C[C@H](N)c1ccccc1.O=C(O)C[C@@]1(C[N+](=O)[O-])CC2CCCC21. The molecule has 0 amide bonds. The molecule has 2 saturated carbocycles. The Morgan fingerprint density at radius 2 is 2.08 bits per heavy atom. The molecule has 3 N–H and O–H groups in total. The van der Waals surface area contributed by atoms with Crippen molar-refractivity contribution in [1.29, 1.82) is 0 Å². The Kier molecular flexibility index (Phi) is 5.94. The summed E-state index contributed by atoms with van der Waals surface area (Å²) in [5, 5.41) is 19.4. The first-order valence-corrected chi connectivity index (χ1v) is 8.48. The summed E-state index contributed by atoms with van der Waals surface area (Å²) >= 11 is 0. The number of nitrogens with two attached hydrogens (primary N) is 1. The van der Waals surface area contributed by atoms with Crippen LogP contribution < -0.4 is 5.73 Å². The Labute approximate surface area is 142 Å². The van der Waals surface area contributed by atoms with Gasteiger partial charge in [-0.1, -0.05) is 43.2 Å². The molecule has 0 heterocycles. The highest BCUT2D eigenvalue weighted by atomic mass is 16.6. The molecule has 1 aromatic rings. The van der Waals surface area contributed by atoms with E-state index in [1.165, 1.54) is 5.56 Å². The number of hydrogen-bond acceptors (Lipinski definition) is 4. The van der Waals surface area contributed by atoms with Crippen molar-refractivity contribution in [3.8, 4) is 0 Å². The van der Waals surface area contributed by atoms with Gasteiger partial charge >= 0.3 is 5.97 Å². The van der Waals surface area contributed by atoms with Crippen molar-refractivity contribution < 1.29 is 14.8 Å². The second-order valence-corrected chi connectivity index (χ2v) is 7.12. The first-order chi connectivity index (χ1) is 11.3. The van der Waals surface area contributed by atoms with Gasteiger partial charge in [-0.15, -0.1) is 0 Å². The molecule has 6 heteroatoms. The van der Waals surface area contributed by atoms with Crippen LogP contribution in [0.25, 0.3) is 0 Å². The van der Waals surface area contributed by atoms with Gasteiger partial charge in [0.15, 0.2) is 0 Å². The summed E-state index contributed by atoms with van der Waals surface area (Å²) in [6.45, 7) is 1.82. The molecule has 2 unspecified atom stereocenters. The van der Waals surface area contributed by atoms with E-state index in [-0.39, 0.29) is 23.9 Å². The number of carboxylic acids is 1. The lowest BCUT2D eigenvalue weighted by atomic mass is 9.53. The summed E-state index contributed by atoms with van der Waals surface area (Å²) in [5.41, 5.74) is 6.27. The van der Waals surface area contributed by atoms with Crippen LogP contribution in [0.4, 0.5) is 0 Å². The van der Waals surface area contributed by atoms with E-state index in [1.807, 2.05) is 37.3 Å². The standard InChI is InChI=1S/C10H15NO4.C8H11N/c12-9(13)5-10(6-11(14)15)4-7-2-1-3-8(7)10;1-7(9)8-5-3-2-4-6-8/h7-8H,1-6H2,(H,12,13);2-7H,9H2,1H3/t7?,8?,10-;7-/m10/s1. The second-order valence-electron chi connectivity index (χ2n) is 7.12. The average Bonchev–Trinajstić information content (AvgIpc) is 2.90. The number of fused-ring (bicyclic) bond motifs is 1. The normalized spacial score (nSPS) is 28.8. The molecule has 2 aliphatic rings. The average molecular weight is 334 g/mol. The van der Waals surface area contributed by atoms with Crippen molar-refractivity contribution in [2.45, 2.75) is 45.1 Å². The zero-order valence-corrected chi connectivity index (χ0v) is 14.1. The van der Waals surface area contributed by atoms with Crippen LogP contribution in [-0.4, -0.2) is 22.5 Å². The molecule has 0 bridgehead atoms. The molecular formula is C18H26N2O4. The summed E-state index contributed by atoms with van der Waals surface area (Å²) in [7, 11) is 0. The van der Waals surface area contributed by atoms with Crippen molar-refractivity contribution in [3.05, 3.63) is 46.0 Å². The summed E-state index contributed by atoms with van der Waals surface area (Å²) in [4.78, 5) is 21.0. The van der Waals surface area contributed by atoms with Gasteiger partial charge in [-0.2, -0.15) is 0 Å². The third kappa shape index (κ3) is 4.32. The maximum Gasteiger partial charge on any atom is 0.304 e. The van der Waals surface area contributed by atoms with Gasteiger partial charge in [0, 0.05) is 16.4 Å². The summed E-state index contributed by atoms with van der Waals surface area (Å²) in [5.74, 6) is -0.0505. The molecule has 1 aromatic carbocycles. The van der Waals surface area contributed by atoms with Crippen LogP contribution in [0.5, 0.6) is 0 Å². The van der Waals surface area contributed by atoms with Crippen LogP contribution in [-0.2, 0) is 4.79 Å². The fourth-order valence-electron chi connectivity index (χ4n) is 4.36. The number of nitrogens with zero attached hydrogens (tertiary/aromatic N) is 1. The maximum absolute atomic E-state index is 10.8. The Hall–Kier alpha value is -1.95. The Bertz CT molecular complexity index is 558. The molecule has 132 valence electrons. The molecule has 0 saturated heterocycles. The zero-order chi connectivity index (χ0) is 17.7. The van der Waals surface area contributed by atoms with Crippen LogP contribution in [0.15, 0.2) is 30.3 Å². The molecule has 2 fully saturated rings. The lowest BCUT2D eigenvalue weighted by Crippen LogP contribution is -2.50. The number of aliphatic carboxylic acids is 1. The highest BCUT2D eigenvalue weighted by molar-refractivity contribution is 5.68. The number of carbonyl (C=O) groups is 1. The van der Waals surface area contributed by atoms with Gasteiger partial charge in [-0.3, -0.25) is 14.9 Å². The maximum atomic E-state index is 10.8. The predicted octanol–water partition coefficient (Wildman–Crippen LogP) is 3.25. The van der Waals surface area contributed by atoms with Crippen molar-refractivity contribution in [2.75, 3.05) is 6.54 Å². The third-order valence-electron chi connectivity index (χ3n) is 5.39. The highest BCUT2D eigenvalue weighted by Gasteiger charge is 2.58. The van der Waals surface area contributed by atoms with E-state index >= 15 is 0 Å². The summed E-state index contributed by atoms with van der Waals surface area (Å²) in [6, 6.07) is 10.2. The first kappa shape index (κ1) is 18.4. The molecule has 6 nitrogen and oxygen atoms in total. The van der Waals surface area contributed by atoms with E-state index in [2.05, 4.69) is 0 Å². The number of rotatable bonds is 5. The molecule has 0 aliphatic heterocycles. The van der Waals surface area contributed by atoms with Crippen LogP contribution in [0, 0.1) is 27.4 Å². The number of hydrogen-bond donors (Lipinski definition) is 2. The number of benzene rings is 1. The monoisotopic (exact) mass is 334 g/mol. The van der Waals surface area contributed by atoms with Crippen molar-refractivity contribution in [3.63, 3.8) is 0 Å². The van der Waals surface area contributed by atoms with E-state index in [0.29, 0.717) is 11.8 Å². The van der Waals surface area contributed by atoms with Crippen LogP contribution in [0.1, 0.15) is 50.6 Å². The molecular weight excluding hydrogens is 308 g/mol. The lowest BCUT2D eigenvalue weighted by Gasteiger charge is -2.49. The van der Waals surface area contributed by atoms with E-state index in [4.69, 9.17) is 10.8 Å². The zero-order valence-electron chi connectivity index (χ0n) is 14.1. The number of carboxylic acid groups (broad SMARTS) is 1. The molecule has 3 rings (SSSR count). The van der Waals surface area contributed by atoms with Crippen LogP contribution >= 0.6 is 0 Å². The van der Waals surface area contributed by atoms with Gasteiger partial charge in [-0.25, -0.2) is 0 Å². The summed E-state index contributed by atoms with van der Waals surface area (Å²) < 4.78 is 0. The molecule has 4 atom stereocenters. The smallest absolute Gasteiger partial charge is 0.304 e.